The third kappa shape index (κ3) is 2.10. The van der Waals surface area contributed by atoms with Gasteiger partial charge in [0.15, 0.2) is 0 Å². The molecule has 0 aliphatic heterocycles. The molecule has 3 rings (SSSR count). The van der Waals surface area contributed by atoms with Crippen LogP contribution in [0.5, 0.6) is 0 Å². The van der Waals surface area contributed by atoms with Crippen molar-refractivity contribution in [3.05, 3.63) is 50.9 Å². The smallest absolute Gasteiger partial charge is 0.205 e. The van der Waals surface area contributed by atoms with Gasteiger partial charge in [-0.25, -0.2) is 4.98 Å². The highest BCUT2D eigenvalue weighted by Gasteiger charge is 2.12. The monoisotopic (exact) mass is 355 g/mol. The molecule has 0 saturated heterocycles. The van der Waals surface area contributed by atoms with Crippen molar-refractivity contribution in [3.63, 3.8) is 0 Å². The summed E-state index contributed by atoms with van der Waals surface area (Å²) in [6.07, 6.45) is 0. The van der Waals surface area contributed by atoms with E-state index >= 15 is 0 Å². The topological polar surface area (TPSA) is 43.8 Å². The fraction of sp³-hybridized carbons (Fsp3) is 0. The van der Waals surface area contributed by atoms with Gasteiger partial charge in [0.05, 0.1) is 21.2 Å². The van der Waals surface area contributed by atoms with Crippen molar-refractivity contribution in [2.45, 2.75) is 0 Å². The maximum absolute atomic E-state index is 6.12. The number of anilines is 1. The van der Waals surface area contributed by atoms with Crippen LogP contribution in [0, 0.1) is 0 Å². The molecule has 0 amide bonds. The molecular weight excluding hydrogens is 349 g/mol. The summed E-state index contributed by atoms with van der Waals surface area (Å²) in [5.41, 5.74) is 8.36. The first kappa shape index (κ1) is 12.8. The average Bonchev–Trinajstić information content (AvgIpc) is 2.71. The third-order valence-electron chi connectivity index (χ3n) is 2.82. The Labute approximate surface area is 128 Å². The maximum Gasteiger partial charge on any atom is 0.205 e. The van der Waals surface area contributed by atoms with Crippen molar-refractivity contribution in [2.75, 3.05) is 5.73 Å². The molecule has 2 N–H and O–H groups in total. The van der Waals surface area contributed by atoms with Crippen LogP contribution < -0.4 is 5.73 Å². The van der Waals surface area contributed by atoms with Gasteiger partial charge < -0.3 is 5.73 Å². The van der Waals surface area contributed by atoms with Gasteiger partial charge in [-0.15, -0.1) is 0 Å². The lowest BCUT2D eigenvalue weighted by Gasteiger charge is -2.07. The quantitative estimate of drug-likeness (QED) is 0.688. The van der Waals surface area contributed by atoms with E-state index in [1.807, 2.05) is 34.9 Å². The number of aromatic nitrogens is 2. The van der Waals surface area contributed by atoms with Gasteiger partial charge in [0.2, 0.25) is 5.95 Å². The molecule has 0 spiro atoms. The van der Waals surface area contributed by atoms with Crippen LogP contribution in [-0.2, 0) is 0 Å². The number of rotatable bonds is 1. The second-order valence-electron chi connectivity index (χ2n) is 4.01. The number of hydrogen-bond acceptors (Lipinski definition) is 2. The Balaban J connectivity index is 2.33. The summed E-state index contributed by atoms with van der Waals surface area (Å²) in [5, 5.41) is 1.19. The maximum atomic E-state index is 6.12. The number of nitrogens with zero attached hydrogens (tertiary/aromatic N) is 2. The molecule has 0 aliphatic carbocycles. The van der Waals surface area contributed by atoms with E-state index in [4.69, 9.17) is 28.9 Å². The van der Waals surface area contributed by atoms with E-state index in [9.17, 15) is 0 Å². The molecule has 0 unspecified atom stereocenters. The molecule has 0 saturated carbocycles. The number of halogens is 3. The number of fused-ring (bicyclic) bond motifs is 1. The van der Waals surface area contributed by atoms with Crippen molar-refractivity contribution in [1.29, 1.82) is 0 Å². The highest BCUT2D eigenvalue weighted by molar-refractivity contribution is 9.10. The van der Waals surface area contributed by atoms with Crippen molar-refractivity contribution in [3.8, 4) is 5.69 Å². The summed E-state index contributed by atoms with van der Waals surface area (Å²) >= 11 is 15.6. The lowest BCUT2D eigenvalue weighted by atomic mass is 10.3. The molecule has 0 atom stereocenters. The van der Waals surface area contributed by atoms with E-state index in [0.717, 1.165) is 15.7 Å². The number of imidazole rings is 1. The molecule has 96 valence electrons. The zero-order valence-corrected chi connectivity index (χ0v) is 12.7. The van der Waals surface area contributed by atoms with Crippen molar-refractivity contribution in [1.82, 2.24) is 9.55 Å². The van der Waals surface area contributed by atoms with E-state index in [1.54, 1.807) is 6.07 Å². The predicted molar refractivity (Wildman–Crippen MR) is 83.2 cm³/mol. The van der Waals surface area contributed by atoms with Gasteiger partial charge in [0.25, 0.3) is 0 Å². The molecule has 1 heterocycles. The van der Waals surface area contributed by atoms with Crippen LogP contribution in [0.1, 0.15) is 0 Å². The third-order valence-corrected chi connectivity index (χ3v) is 4.36. The van der Waals surface area contributed by atoms with Gasteiger partial charge in [0, 0.05) is 4.47 Å². The van der Waals surface area contributed by atoms with E-state index in [2.05, 4.69) is 20.9 Å². The van der Waals surface area contributed by atoms with Crippen LogP contribution in [0.25, 0.3) is 16.7 Å². The molecule has 6 heteroatoms. The molecule has 3 nitrogen and oxygen atoms in total. The molecule has 0 fully saturated rings. The number of benzene rings is 2. The first-order valence-corrected chi connectivity index (χ1v) is 7.00. The fourth-order valence-electron chi connectivity index (χ4n) is 1.98. The van der Waals surface area contributed by atoms with Gasteiger partial charge in [-0.1, -0.05) is 29.3 Å². The van der Waals surface area contributed by atoms with Crippen molar-refractivity contribution in [2.24, 2.45) is 0 Å². The Morgan fingerprint density at radius 1 is 1.11 bits per heavy atom. The van der Waals surface area contributed by atoms with Crippen LogP contribution in [-0.4, -0.2) is 9.55 Å². The summed E-state index contributed by atoms with van der Waals surface area (Å²) in [5.74, 6) is 0.376. The lowest BCUT2D eigenvalue weighted by Crippen LogP contribution is -2.00. The minimum Gasteiger partial charge on any atom is -0.369 e. The van der Waals surface area contributed by atoms with Gasteiger partial charge in [0.1, 0.15) is 5.52 Å². The zero-order chi connectivity index (χ0) is 13.6. The van der Waals surface area contributed by atoms with Crippen LogP contribution in [0.4, 0.5) is 5.95 Å². The fourth-order valence-corrected chi connectivity index (χ4v) is 2.61. The molecule has 0 radical (unpaired) electrons. The van der Waals surface area contributed by atoms with E-state index in [0.29, 0.717) is 21.5 Å². The van der Waals surface area contributed by atoms with E-state index in [1.165, 1.54) is 0 Å². The average molecular weight is 357 g/mol. The van der Waals surface area contributed by atoms with Gasteiger partial charge in [-0.2, -0.15) is 0 Å². The summed E-state index contributed by atoms with van der Waals surface area (Å²) < 4.78 is 2.65. The lowest BCUT2D eigenvalue weighted by molar-refractivity contribution is 1.11. The van der Waals surface area contributed by atoms with Crippen molar-refractivity contribution >= 4 is 56.1 Å². The number of hydrogen-bond donors (Lipinski definition) is 1. The Kier molecular flexibility index (Phi) is 3.17. The zero-order valence-electron chi connectivity index (χ0n) is 9.57. The molecule has 19 heavy (non-hydrogen) atoms. The van der Waals surface area contributed by atoms with Crippen LogP contribution in [0.3, 0.4) is 0 Å². The minimum absolute atomic E-state index is 0.376. The molecule has 0 aliphatic rings. The summed E-state index contributed by atoms with van der Waals surface area (Å²) in [4.78, 5) is 4.30. The van der Waals surface area contributed by atoms with Crippen molar-refractivity contribution < 1.29 is 0 Å². The SMILES string of the molecule is Nc1nc2c(Cl)cccc2n1-c1ccc(Br)c(Cl)c1. The number of nitrogen functional groups attached to an aromatic ring is 1. The van der Waals surface area contributed by atoms with E-state index in [-0.39, 0.29) is 0 Å². The number of para-hydroxylation sites is 1. The minimum atomic E-state index is 0.376. The predicted octanol–water partition coefficient (Wildman–Crippen LogP) is 4.68. The summed E-state index contributed by atoms with van der Waals surface area (Å²) in [6, 6.07) is 11.2. The van der Waals surface area contributed by atoms with Gasteiger partial charge in [-0.3, -0.25) is 4.57 Å². The Morgan fingerprint density at radius 2 is 1.89 bits per heavy atom. The Morgan fingerprint density at radius 3 is 2.63 bits per heavy atom. The van der Waals surface area contributed by atoms with Crippen LogP contribution in [0.15, 0.2) is 40.9 Å². The Hall–Kier alpha value is -1.23. The molecule has 2 aromatic carbocycles. The Bertz CT molecular complexity index is 783. The summed E-state index contributed by atoms with van der Waals surface area (Å²) in [7, 11) is 0. The first-order valence-electron chi connectivity index (χ1n) is 5.46. The summed E-state index contributed by atoms with van der Waals surface area (Å²) in [6.45, 7) is 0. The first-order chi connectivity index (χ1) is 9.08. The molecule has 1 aromatic heterocycles. The van der Waals surface area contributed by atoms with Crippen LogP contribution in [0.2, 0.25) is 10.0 Å². The molecular formula is C13H8BrCl2N3. The highest BCUT2D eigenvalue weighted by Crippen LogP contribution is 2.31. The van der Waals surface area contributed by atoms with Gasteiger partial charge >= 0.3 is 0 Å². The normalized spacial score (nSPS) is 11.1. The number of nitrogens with two attached hydrogens (primary N) is 1. The highest BCUT2D eigenvalue weighted by atomic mass is 79.9. The largest absolute Gasteiger partial charge is 0.369 e. The van der Waals surface area contributed by atoms with Crippen LogP contribution >= 0.6 is 39.1 Å². The second kappa shape index (κ2) is 4.71. The molecule has 3 aromatic rings. The van der Waals surface area contributed by atoms with E-state index < -0.39 is 0 Å². The second-order valence-corrected chi connectivity index (χ2v) is 5.68. The standard InChI is InChI=1S/C13H8BrCl2N3/c14-8-5-4-7(6-10(8)16)19-11-3-1-2-9(15)12(11)18-13(19)17/h1-6H,(H2,17,18). The van der Waals surface area contributed by atoms with Gasteiger partial charge in [-0.05, 0) is 46.3 Å². The molecule has 0 bridgehead atoms.